The lowest BCUT2D eigenvalue weighted by molar-refractivity contribution is 0.0690. The highest BCUT2D eigenvalue weighted by molar-refractivity contribution is 7.88. The average molecular weight is 343 g/mol. The highest BCUT2D eigenvalue weighted by Gasteiger charge is 2.31. The minimum absolute atomic E-state index is 0.144. The van der Waals surface area contributed by atoms with Gasteiger partial charge in [-0.3, -0.25) is 4.79 Å². The van der Waals surface area contributed by atoms with Crippen LogP contribution in [0, 0.1) is 6.92 Å². The van der Waals surface area contributed by atoms with Crippen LogP contribution >= 0.6 is 0 Å². The molecule has 1 aromatic rings. The standard InChI is InChI=1S/C15H25N3O4S/c1-5-8-18(12-6-7-16-10-12)15(19)13-9-14(22-11(13)2)23(20,21)17(3)4/h9,12,16H,5-8,10H2,1-4H3. The first-order valence-corrected chi connectivity index (χ1v) is 9.27. The summed E-state index contributed by atoms with van der Waals surface area (Å²) >= 11 is 0. The summed E-state index contributed by atoms with van der Waals surface area (Å²) in [7, 11) is -0.820. The van der Waals surface area contributed by atoms with E-state index in [9.17, 15) is 13.2 Å². The molecule has 2 rings (SSSR count). The molecule has 1 fully saturated rings. The van der Waals surface area contributed by atoms with Crippen molar-refractivity contribution in [2.24, 2.45) is 0 Å². The van der Waals surface area contributed by atoms with E-state index in [2.05, 4.69) is 5.32 Å². The van der Waals surface area contributed by atoms with Crippen molar-refractivity contribution in [2.75, 3.05) is 33.7 Å². The maximum absolute atomic E-state index is 12.9. The van der Waals surface area contributed by atoms with Gasteiger partial charge >= 0.3 is 0 Å². The number of hydrogen-bond acceptors (Lipinski definition) is 5. The monoisotopic (exact) mass is 343 g/mol. The van der Waals surface area contributed by atoms with Crippen molar-refractivity contribution in [3.8, 4) is 0 Å². The number of amides is 1. The van der Waals surface area contributed by atoms with Crippen molar-refractivity contribution < 1.29 is 17.6 Å². The van der Waals surface area contributed by atoms with Gasteiger partial charge in [-0.1, -0.05) is 6.92 Å². The Balaban J connectivity index is 2.33. The lowest BCUT2D eigenvalue weighted by Gasteiger charge is -2.28. The van der Waals surface area contributed by atoms with E-state index in [0.717, 1.165) is 30.2 Å². The third kappa shape index (κ3) is 3.59. The SMILES string of the molecule is CCCN(C(=O)c1cc(S(=O)(=O)N(C)C)oc1C)C1CCNC1. The topological polar surface area (TPSA) is 82.9 Å². The second-order valence-corrected chi connectivity index (χ2v) is 8.05. The normalized spacial score (nSPS) is 18.6. The first-order chi connectivity index (χ1) is 10.8. The van der Waals surface area contributed by atoms with E-state index < -0.39 is 10.0 Å². The molecule has 0 aliphatic carbocycles. The third-order valence-electron chi connectivity index (χ3n) is 4.06. The lowest BCUT2D eigenvalue weighted by atomic mass is 10.1. The number of hydrogen-bond donors (Lipinski definition) is 1. The van der Waals surface area contributed by atoms with E-state index in [1.54, 1.807) is 6.92 Å². The summed E-state index contributed by atoms with van der Waals surface area (Å²) in [4.78, 5) is 14.7. The Kier molecular flexibility index (Phi) is 5.49. The van der Waals surface area contributed by atoms with Gasteiger partial charge in [0.05, 0.1) is 5.56 Å². The highest BCUT2D eigenvalue weighted by atomic mass is 32.2. The van der Waals surface area contributed by atoms with E-state index in [4.69, 9.17) is 4.42 Å². The van der Waals surface area contributed by atoms with Gasteiger partial charge in [0, 0.05) is 39.3 Å². The van der Waals surface area contributed by atoms with Gasteiger partial charge in [-0.05, 0) is 26.3 Å². The zero-order valence-electron chi connectivity index (χ0n) is 14.1. The fraction of sp³-hybridized carbons (Fsp3) is 0.667. The van der Waals surface area contributed by atoms with E-state index in [1.807, 2.05) is 11.8 Å². The molecule has 2 heterocycles. The molecule has 1 N–H and O–H groups in total. The molecule has 1 atom stereocenters. The molecule has 1 saturated heterocycles. The first-order valence-electron chi connectivity index (χ1n) is 7.83. The molecule has 1 aliphatic heterocycles. The van der Waals surface area contributed by atoms with E-state index in [-0.39, 0.29) is 17.0 Å². The summed E-state index contributed by atoms with van der Waals surface area (Å²) in [6, 6.07) is 1.49. The molecule has 1 aliphatic rings. The van der Waals surface area contributed by atoms with Crippen LogP contribution in [0.5, 0.6) is 0 Å². The molecule has 0 aromatic carbocycles. The lowest BCUT2D eigenvalue weighted by Crippen LogP contribution is -2.42. The Morgan fingerprint density at radius 1 is 1.43 bits per heavy atom. The van der Waals surface area contributed by atoms with Crippen LogP contribution in [0.25, 0.3) is 0 Å². The van der Waals surface area contributed by atoms with Crippen molar-refractivity contribution in [3.63, 3.8) is 0 Å². The van der Waals surface area contributed by atoms with Gasteiger partial charge in [-0.2, -0.15) is 0 Å². The third-order valence-corrected chi connectivity index (χ3v) is 5.73. The number of furan rings is 1. The molecule has 8 heteroatoms. The Morgan fingerprint density at radius 3 is 2.65 bits per heavy atom. The molecule has 23 heavy (non-hydrogen) atoms. The second kappa shape index (κ2) is 7.02. The molecule has 7 nitrogen and oxygen atoms in total. The number of sulfonamides is 1. The maximum Gasteiger partial charge on any atom is 0.275 e. The van der Waals surface area contributed by atoms with Crippen molar-refractivity contribution in [2.45, 2.75) is 37.8 Å². The molecule has 0 radical (unpaired) electrons. The highest BCUT2D eigenvalue weighted by Crippen LogP contribution is 2.24. The summed E-state index contributed by atoms with van der Waals surface area (Å²) in [5, 5.41) is 3.07. The minimum Gasteiger partial charge on any atom is -0.448 e. The predicted octanol–water partition coefficient (Wildman–Crippen LogP) is 1.05. The van der Waals surface area contributed by atoms with E-state index in [1.165, 1.54) is 20.2 Å². The van der Waals surface area contributed by atoms with E-state index in [0.29, 0.717) is 17.9 Å². The zero-order chi connectivity index (χ0) is 17.2. The number of nitrogens with zero attached hydrogens (tertiary/aromatic N) is 2. The zero-order valence-corrected chi connectivity index (χ0v) is 14.9. The minimum atomic E-state index is -3.69. The quantitative estimate of drug-likeness (QED) is 0.835. The summed E-state index contributed by atoms with van der Waals surface area (Å²) in [5.74, 6) is 0.171. The summed E-state index contributed by atoms with van der Waals surface area (Å²) in [6.07, 6.45) is 1.76. The second-order valence-electron chi connectivity index (χ2n) is 5.97. The van der Waals surface area contributed by atoms with Crippen LogP contribution in [-0.2, 0) is 10.0 Å². The fourth-order valence-electron chi connectivity index (χ4n) is 2.73. The van der Waals surface area contributed by atoms with Gasteiger partial charge in [0.2, 0.25) is 5.09 Å². The molecule has 1 amide bonds. The van der Waals surface area contributed by atoms with Crippen LogP contribution in [0.15, 0.2) is 15.6 Å². The van der Waals surface area contributed by atoms with Gasteiger partial charge in [-0.15, -0.1) is 0 Å². The largest absolute Gasteiger partial charge is 0.448 e. The summed E-state index contributed by atoms with van der Waals surface area (Å²) in [5.41, 5.74) is 0.325. The Bertz CT molecular complexity index is 660. The van der Waals surface area contributed by atoms with Crippen molar-refractivity contribution in [3.05, 3.63) is 17.4 Å². The van der Waals surface area contributed by atoms with Crippen LogP contribution in [0.1, 0.15) is 35.9 Å². The average Bonchev–Trinajstić information content (AvgIpc) is 3.13. The van der Waals surface area contributed by atoms with Gasteiger partial charge in [0.1, 0.15) is 5.76 Å². The molecule has 1 aromatic heterocycles. The smallest absolute Gasteiger partial charge is 0.275 e. The van der Waals surface area contributed by atoms with Crippen LogP contribution in [0.4, 0.5) is 0 Å². The molecule has 1 unspecified atom stereocenters. The van der Waals surface area contributed by atoms with Crippen LogP contribution in [-0.4, -0.2) is 63.3 Å². The Labute approximate surface area is 137 Å². The molecular weight excluding hydrogens is 318 g/mol. The maximum atomic E-state index is 12.9. The summed E-state index contributed by atoms with van der Waals surface area (Å²) < 4.78 is 30.8. The Morgan fingerprint density at radius 2 is 2.13 bits per heavy atom. The number of nitrogens with one attached hydrogen (secondary N) is 1. The summed E-state index contributed by atoms with van der Waals surface area (Å²) in [6.45, 7) is 5.95. The Hall–Kier alpha value is -1.38. The molecule has 130 valence electrons. The predicted molar refractivity (Wildman–Crippen MR) is 86.9 cm³/mol. The number of aryl methyl sites for hydroxylation is 1. The van der Waals surface area contributed by atoms with Gasteiger partial charge in [0.25, 0.3) is 15.9 Å². The fourth-order valence-corrected chi connectivity index (χ4v) is 3.58. The van der Waals surface area contributed by atoms with Crippen LogP contribution in [0.3, 0.4) is 0 Å². The molecule has 0 bridgehead atoms. The van der Waals surface area contributed by atoms with Crippen LogP contribution in [0.2, 0.25) is 0 Å². The van der Waals surface area contributed by atoms with Crippen molar-refractivity contribution in [1.29, 1.82) is 0 Å². The molecule has 0 saturated carbocycles. The number of rotatable bonds is 6. The first kappa shape index (κ1) is 18.0. The number of carbonyl (C=O) groups is 1. The van der Waals surface area contributed by atoms with Crippen molar-refractivity contribution >= 4 is 15.9 Å². The van der Waals surface area contributed by atoms with E-state index >= 15 is 0 Å². The van der Waals surface area contributed by atoms with Crippen molar-refractivity contribution in [1.82, 2.24) is 14.5 Å². The molecule has 0 spiro atoms. The van der Waals surface area contributed by atoms with Crippen LogP contribution < -0.4 is 5.32 Å². The van der Waals surface area contributed by atoms with Gasteiger partial charge in [0.15, 0.2) is 0 Å². The molecular formula is C15H25N3O4S. The number of carbonyl (C=O) groups excluding carboxylic acids is 1. The van der Waals surface area contributed by atoms with Gasteiger partial charge < -0.3 is 14.6 Å². The van der Waals surface area contributed by atoms with Gasteiger partial charge in [-0.25, -0.2) is 12.7 Å².